The van der Waals surface area contributed by atoms with Crippen molar-refractivity contribution < 1.29 is 9.53 Å². The van der Waals surface area contributed by atoms with Gasteiger partial charge < -0.3 is 15.0 Å². The fourth-order valence-electron chi connectivity index (χ4n) is 3.30. The van der Waals surface area contributed by atoms with Crippen LogP contribution in [0.25, 0.3) is 0 Å². The van der Waals surface area contributed by atoms with Gasteiger partial charge in [-0.2, -0.15) is 0 Å². The Bertz CT molecular complexity index is 282. The number of hydrogen-bond acceptors (Lipinski definition) is 4. The summed E-state index contributed by atoms with van der Waals surface area (Å²) in [6.07, 6.45) is 2.99. The normalized spacial score (nSPS) is 31.5. The molecule has 0 bridgehead atoms. The maximum absolute atomic E-state index is 12.4. The van der Waals surface area contributed by atoms with Gasteiger partial charge in [-0.1, -0.05) is 13.8 Å². The Labute approximate surface area is 117 Å². The molecule has 1 fully saturated rings. The highest BCUT2D eigenvalue weighted by Crippen LogP contribution is 2.36. The third-order valence-electron chi connectivity index (χ3n) is 3.89. The first-order valence-electron chi connectivity index (χ1n) is 7.46. The van der Waals surface area contributed by atoms with Crippen LogP contribution in [0.1, 0.15) is 40.0 Å². The van der Waals surface area contributed by atoms with Crippen molar-refractivity contribution in [3.63, 3.8) is 0 Å². The van der Waals surface area contributed by atoms with Crippen molar-refractivity contribution >= 4 is 5.97 Å². The Kier molecular flexibility index (Phi) is 6.27. The summed E-state index contributed by atoms with van der Waals surface area (Å²) in [7, 11) is 4.09. The van der Waals surface area contributed by atoms with Gasteiger partial charge in [-0.05, 0) is 52.1 Å². The van der Waals surface area contributed by atoms with Crippen molar-refractivity contribution in [2.24, 2.45) is 11.8 Å². The number of rotatable bonds is 6. The molecular formula is C15H30N2O2. The summed E-state index contributed by atoms with van der Waals surface area (Å²) in [6.45, 7) is 8.56. The van der Waals surface area contributed by atoms with Gasteiger partial charge in [0.25, 0.3) is 0 Å². The standard InChI is InChI=1S/C15H30N2O2/c1-6-19-14(18)15(16-7-8-17(4)5)10-12(2)9-13(3)11-15/h12-13,16H,6-11H2,1-5H3. The third-order valence-corrected chi connectivity index (χ3v) is 3.89. The van der Waals surface area contributed by atoms with Crippen LogP contribution in [0.3, 0.4) is 0 Å². The quantitative estimate of drug-likeness (QED) is 0.749. The molecule has 2 atom stereocenters. The average molecular weight is 270 g/mol. The van der Waals surface area contributed by atoms with Gasteiger partial charge in [0.05, 0.1) is 6.61 Å². The molecule has 0 amide bonds. The third kappa shape index (κ3) is 4.77. The molecule has 2 unspecified atom stereocenters. The van der Waals surface area contributed by atoms with Gasteiger partial charge in [0, 0.05) is 13.1 Å². The number of nitrogens with one attached hydrogen (secondary N) is 1. The predicted octanol–water partition coefficient (Wildman–Crippen LogP) is 1.90. The van der Waals surface area contributed by atoms with Gasteiger partial charge in [-0.25, -0.2) is 0 Å². The van der Waals surface area contributed by atoms with Gasteiger partial charge in [-0.3, -0.25) is 4.79 Å². The van der Waals surface area contributed by atoms with Crippen molar-refractivity contribution in [2.45, 2.75) is 45.6 Å². The summed E-state index contributed by atoms with van der Waals surface area (Å²) >= 11 is 0. The summed E-state index contributed by atoms with van der Waals surface area (Å²) in [5, 5.41) is 3.50. The number of carbonyl (C=O) groups is 1. The van der Waals surface area contributed by atoms with E-state index in [2.05, 4.69) is 24.1 Å². The lowest BCUT2D eigenvalue weighted by Gasteiger charge is -2.41. The Hall–Kier alpha value is -0.610. The minimum absolute atomic E-state index is 0.0628. The van der Waals surface area contributed by atoms with Crippen LogP contribution in [0.4, 0.5) is 0 Å². The van der Waals surface area contributed by atoms with E-state index in [0.29, 0.717) is 18.4 Å². The van der Waals surface area contributed by atoms with Crippen LogP contribution >= 0.6 is 0 Å². The van der Waals surface area contributed by atoms with Crippen LogP contribution in [0.2, 0.25) is 0 Å². The monoisotopic (exact) mass is 270 g/mol. The molecule has 0 aromatic rings. The zero-order valence-corrected chi connectivity index (χ0v) is 13.2. The van der Waals surface area contributed by atoms with Crippen LogP contribution < -0.4 is 5.32 Å². The van der Waals surface area contributed by atoms with Gasteiger partial charge >= 0.3 is 5.97 Å². The summed E-state index contributed by atoms with van der Waals surface area (Å²) in [5.74, 6) is 1.08. The molecule has 1 N–H and O–H groups in total. The molecule has 4 heteroatoms. The Morgan fingerprint density at radius 1 is 1.32 bits per heavy atom. The Morgan fingerprint density at radius 2 is 1.89 bits per heavy atom. The molecule has 112 valence electrons. The summed E-state index contributed by atoms with van der Waals surface area (Å²) < 4.78 is 5.32. The molecule has 1 aliphatic rings. The zero-order chi connectivity index (χ0) is 14.5. The number of likely N-dealkylation sites (N-methyl/N-ethyl adjacent to an activating group) is 1. The van der Waals surface area contributed by atoms with E-state index < -0.39 is 5.54 Å². The van der Waals surface area contributed by atoms with Gasteiger partial charge in [0.2, 0.25) is 0 Å². The zero-order valence-electron chi connectivity index (χ0n) is 13.2. The second kappa shape index (κ2) is 7.25. The van der Waals surface area contributed by atoms with E-state index in [-0.39, 0.29) is 5.97 Å². The minimum atomic E-state index is -0.469. The van der Waals surface area contributed by atoms with Gasteiger partial charge in [0.1, 0.15) is 5.54 Å². The first-order chi connectivity index (χ1) is 8.89. The molecule has 1 aliphatic carbocycles. The summed E-state index contributed by atoms with van der Waals surface area (Å²) in [4.78, 5) is 14.5. The topological polar surface area (TPSA) is 41.6 Å². The van der Waals surface area contributed by atoms with Crippen molar-refractivity contribution in [3.05, 3.63) is 0 Å². The molecule has 1 rings (SSSR count). The fraction of sp³-hybridized carbons (Fsp3) is 0.933. The van der Waals surface area contributed by atoms with E-state index in [9.17, 15) is 4.79 Å². The van der Waals surface area contributed by atoms with Crippen molar-refractivity contribution in [1.29, 1.82) is 0 Å². The molecule has 4 nitrogen and oxygen atoms in total. The highest BCUT2D eigenvalue weighted by molar-refractivity contribution is 5.81. The highest BCUT2D eigenvalue weighted by atomic mass is 16.5. The van der Waals surface area contributed by atoms with Gasteiger partial charge in [0.15, 0.2) is 0 Å². The first kappa shape index (κ1) is 16.4. The molecule has 0 radical (unpaired) electrons. The lowest BCUT2D eigenvalue weighted by Crippen LogP contribution is -2.58. The highest BCUT2D eigenvalue weighted by Gasteiger charge is 2.44. The Balaban J connectivity index is 2.74. The second-order valence-corrected chi connectivity index (χ2v) is 6.39. The van der Waals surface area contributed by atoms with Crippen molar-refractivity contribution in [2.75, 3.05) is 33.8 Å². The van der Waals surface area contributed by atoms with Crippen LogP contribution in [-0.2, 0) is 9.53 Å². The van der Waals surface area contributed by atoms with Gasteiger partial charge in [-0.15, -0.1) is 0 Å². The molecule has 0 heterocycles. The van der Waals surface area contributed by atoms with E-state index >= 15 is 0 Å². The number of nitrogens with zero attached hydrogens (tertiary/aromatic N) is 1. The first-order valence-corrected chi connectivity index (χ1v) is 7.46. The number of ether oxygens (including phenoxy) is 1. The predicted molar refractivity (Wildman–Crippen MR) is 78.1 cm³/mol. The average Bonchev–Trinajstić information content (AvgIpc) is 2.27. The number of carbonyl (C=O) groups excluding carboxylic acids is 1. The fourth-order valence-corrected chi connectivity index (χ4v) is 3.30. The number of hydrogen-bond donors (Lipinski definition) is 1. The maximum atomic E-state index is 12.4. The summed E-state index contributed by atoms with van der Waals surface area (Å²) in [6, 6.07) is 0. The van der Waals surface area contributed by atoms with E-state index in [1.54, 1.807) is 0 Å². The lowest BCUT2D eigenvalue weighted by molar-refractivity contribution is -0.154. The molecule has 0 saturated heterocycles. The molecule has 0 aromatic heterocycles. The van der Waals surface area contributed by atoms with Crippen molar-refractivity contribution in [3.8, 4) is 0 Å². The van der Waals surface area contributed by atoms with E-state index in [1.807, 2.05) is 21.0 Å². The Morgan fingerprint density at radius 3 is 2.37 bits per heavy atom. The summed E-state index contributed by atoms with van der Waals surface area (Å²) in [5.41, 5.74) is -0.469. The van der Waals surface area contributed by atoms with Crippen LogP contribution in [0.5, 0.6) is 0 Å². The molecule has 0 aromatic carbocycles. The molecular weight excluding hydrogens is 240 g/mol. The van der Waals surface area contributed by atoms with E-state index in [0.717, 1.165) is 25.9 Å². The van der Waals surface area contributed by atoms with Crippen LogP contribution in [-0.4, -0.2) is 50.2 Å². The van der Waals surface area contributed by atoms with Crippen LogP contribution in [0.15, 0.2) is 0 Å². The number of esters is 1. The van der Waals surface area contributed by atoms with Crippen molar-refractivity contribution in [1.82, 2.24) is 10.2 Å². The minimum Gasteiger partial charge on any atom is -0.465 e. The lowest BCUT2D eigenvalue weighted by atomic mass is 9.71. The maximum Gasteiger partial charge on any atom is 0.326 e. The largest absolute Gasteiger partial charge is 0.465 e. The molecule has 0 spiro atoms. The van der Waals surface area contributed by atoms with E-state index in [4.69, 9.17) is 4.74 Å². The molecule has 1 saturated carbocycles. The smallest absolute Gasteiger partial charge is 0.326 e. The second-order valence-electron chi connectivity index (χ2n) is 6.39. The SMILES string of the molecule is CCOC(=O)C1(NCCN(C)C)CC(C)CC(C)C1. The molecule has 0 aliphatic heterocycles. The molecule has 19 heavy (non-hydrogen) atoms. The van der Waals surface area contributed by atoms with E-state index in [1.165, 1.54) is 6.42 Å². The van der Waals surface area contributed by atoms with Crippen LogP contribution in [0, 0.1) is 11.8 Å².